The van der Waals surface area contributed by atoms with Gasteiger partial charge >= 0.3 is 0 Å². The minimum atomic E-state index is -0.215. The smallest absolute Gasteiger partial charge is 0.256 e. The van der Waals surface area contributed by atoms with E-state index < -0.39 is 0 Å². The number of anilines is 1. The molecule has 106 valence electrons. The quantitative estimate of drug-likeness (QED) is 0.824. The van der Waals surface area contributed by atoms with E-state index in [-0.39, 0.29) is 5.91 Å². The molecule has 3 rings (SSSR count). The number of rotatable bonds is 2. The zero-order chi connectivity index (χ0) is 14.8. The first kappa shape index (κ1) is 14.2. The molecule has 0 aliphatic heterocycles. The highest BCUT2D eigenvalue weighted by molar-refractivity contribution is 9.10. The Labute approximate surface area is 135 Å². The van der Waals surface area contributed by atoms with Crippen LogP contribution in [0.3, 0.4) is 0 Å². The lowest BCUT2D eigenvalue weighted by Crippen LogP contribution is -2.12. The summed E-state index contributed by atoms with van der Waals surface area (Å²) in [5, 5.41) is 12.9. The van der Waals surface area contributed by atoms with E-state index in [1.165, 1.54) is 16.2 Å². The van der Waals surface area contributed by atoms with Gasteiger partial charge in [0, 0.05) is 16.6 Å². The van der Waals surface area contributed by atoms with E-state index in [1.54, 1.807) is 18.3 Å². The van der Waals surface area contributed by atoms with Gasteiger partial charge in [0.15, 0.2) is 0 Å². The molecule has 0 fully saturated rings. The lowest BCUT2D eigenvalue weighted by Gasteiger charge is -2.09. The molecule has 1 aliphatic rings. The normalized spacial score (nSPS) is 13.3. The molecule has 4 nitrogen and oxygen atoms in total. The molecule has 2 aromatic heterocycles. The van der Waals surface area contributed by atoms with Crippen LogP contribution in [-0.4, -0.2) is 10.9 Å². The molecule has 0 bridgehead atoms. The maximum absolute atomic E-state index is 12.3. The molecular weight excluding hydrogens is 350 g/mol. The van der Waals surface area contributed by atoms with Crippen LogP contribution in [0.15, 0.2) is 22.9 Å². The minimum absolute atomic E-state index is 0.215. The van der Waals surface area contributed by atoms with Gasteiger partial charge in [-0.2, -0.15) is 5.26 Å². The number of aromatic nitrogens is 1. The van der Waals surface area contributed by atoms with E-state index in [1.807, 2.05) is 0 Å². The molecule has 21 heavy (non-hydrogen) atoms. The maximum Gasteiger partial charge on any atom is 0.256 e. The summed E-state index contributed by atoms with van der Waals surface area (Å²) >= 11 is 4.78. The van der Waals surface area contributed by atoms with E-state index in [0.29, 0.717) is 20.7 Å². The molecule has 0 saturated heterocycles. The second-order valence-corrected chi connectivity index (χ2v) is 6.77. The van der Waals surface area contributed by atoms with Gasteiger partial charge in [-0.15, -0.1) is 11.3 Å². The Hall–Kier alpha value is -1.71. The van der Waals surface area contributed by atoms with Crippen molar-refractivity contribution in [2.75, 3.05) is 5.32 Å². The van der Waals surface area contributed by atoms with Gasteiger partial charge in [0.2, 0.25) is 0 Å². The van der Waals surface area contributed by atoms with Crippen molar-refractivity contribution in [3.63, 3.8) is 0 Å². The average molecular weight is 362 g/mol. The molecule has 2 aromatic rings. The first-order chi connectivity index (χ1) is 10.2. The predicted octanol–water partition coefficient (Wildman–Crippen LogP) is 3.91. The molecule has 0 unspecified atom stereocenters. The Morgan fingerprint density at radius 2 is 2.24 bits per heavy atom. The Balaban J connectivity index is 1.90. The molecule has 1 N–H and O–H groups in total. The van der Waals surface area contributed by atoms with Gasteiger partial charge in [0.05, 0.1) is 5.56 Å². The van der Waals surface area contributed by atoms with Crippen molar-refractivity contribution >= 4 is 38.2 Å². The Bertz CT molecular complexity index is 748. The third-order valence-corrected chi connectivity index (χ3v) is 5.14. The largest absolute Gasteiger partial charge is 0.312 e. The van der Waals surface area contributed by atoms with Crippen LogP contribution >= 0.6 is 27.3 Å². The zero-order valence-corrected chi connectivity index (χ0v) is 13.6. The molecule has 6 heteroatoms. The van der Waals surface area contributed by atoms with E-state index in [9.17, 15) is 10.1 Å². The van der Waals surface area contributed by atoms with Crippen molar-refractivity contribution in [3.05, 3.63) is 44.5 Å². The van der Waals surface area contributed by atoms with Gasteiger partial charge in [-0.3, -0.25) is 4.79 Å². The van der Waals surface area contributed by atoms with Crippen LogP contribution in [0.25, 0.3) is 0 Å². The van der Waals surface area contributed by atoms with Crippen molar-refractivity contribution in [2.45, 2.75) is 25.7 Å². The number of hydrogen-bond donors (Lipinski definition) is 1. The third kappa shape index (κ3) is 2.85. The van der Waals surface area contributed by atoms with Crippen LogP contribution in [0.2, 0.25) is 0 Å². The van der Waals surface area contributed by atoms with Crippen molar-refractivity contribution in [3.8, 4) is 6.07 Å². The number of pyridine rings is 1. The number of amides is 1. The summed E-state index contributed by atoms with van der Waals surface area (Å²) in [6.45, 7) is 0. The van der Waals surface area contributed by atoms with Crippen LogP contribution in [-0.2, 0) is 12.8 Å². The highest BCUT2D eigenvalue weighted by Crippen LogP contribution is 2.37. The van der Waals surface area contributed by atoms with Crippen LogP contribution in [0.1, 0.15) is 39.2 Å². The van der Waals surface area contributed by atoms with E-state index in [0.717, 1.165) is 31.2 Å². The monoisotopic (exact) mass is 361 g/mol. The summed E-state index contributed by atoms with van der Waals surface area (Å²) in [6.07, 6.45) is 5.78. The molecule has 0 spiro atoms. The van der Waals surface area contributed by atoms with Gasteiger partial charge in [-0.05, 0) is 59.3 Å². The lowest BCUT2D eigenvalue weighted by molar-refractivity contribution is 0.102. The van der Waals surface area contributed by atoms with Gasteiger partial charge in [-0.25, -0.2) is 4.98 Å². The first-order valence-electron chi connectivity index (χ1n) is 6.66. The summed E-state index contributed by atoms with van der Waals surface area (Å²) in [5.41, 5.74) is 2.28. The second-order valence-electron chi connectivity index (χ2n) is 4.85. The average Bonchev–Trinajstić information content (AvgIpc) is 2.84. The number of thiophene rings is 1. The zero-order valence-electron chi connectivity index (χ0n) is 11.1. The molecule has 1 aliphatic carbocycles. The molecular formula is C15H12BrN3OS. The highest BCUT2D eigenvalue weighted by atomic mass is 79.9. The summed E-state index contributed by atoms with van der Waals surface area (Å²) in [5.74, 6) is -0.215. The number of halogens is 1. The first-order valence-corrected chi connectivity index (χ1v) is 8.27. The maximum atomic E-state index is 12.3. The summed E-state index contributed by atoms with van der Waals surface area (Å²) in [7, 11) is 0. The van der Waals surface area contributed by atoms with E-state index in [2.05, 4.69) is 32.3 Å². The topological polar surface area (TPSA) is 65.8 Å². The van der Waals surface area contributed by atoms with Crippen LogP contribution < -0.4 is 5.32 Å². The summed E-state index contributed by atoms with van der Waals surface area (Å²) < 4.78 is 0.612. The van der Waals surface area contributed by atoms with Crippen LogP contribution in [0.4, 0.5) is 5.00 Å². The highest BCUT2D eigenvalue weighted by Gasteiger charge is 2.22. The minimum Gasteiger partial charge on any atom is -0.312 e. The summed E-state index contributed by atoms with van der Waals surface area (Å²) in [4.78, 5) is 17.5. The number of carbonyl (C=O) groups is 1. The number of nitrogens with one attached hydrogen (secondary N) is 1. The lowest BCUT2D eigenvalue weighted by atomic mass is 9.96. The van der Waals surface area contributed by atoms with Crippen LogP contribution in [0, 0.1) is 11.3 Å². The van der Waals surface area contributed by atoms with Gasteiger partial charge in [-0.1, -0.05) is 0 Å². The van der Waals surface area contributed by atoms with E-state index >= 15 is 0 Å². The molecule has 0 saturated carbocycles. The van der Waals surface area contributed by atoms with Crippen molar-refractivity contribution in [2.24, 2.45) is 0 Å². The standard InChI is InChI=1S/C15H12BrN3OS/c16-13-7-9(5-6-18-13)14(20)19-15-11(8-17)10-3-1-2-4-12(10)21-15/h5-7H,1-4H2,(H,19,20). The fourth-order valence-electron chi connectivity index (χ4n) is 2.49. The van der Waals surface area contributed by atoms with Crippen molar-refractivity contribution < 1.29 is 4.79 Å². The molecule has 2 heterocycles. The van der Waals surface area contributed by atoms with Crippen molar-refractivity contribution in [1.82, 2.24) is 4.98 Å². The number of aryl methyl sites for hydroxylation is 1. The van der Waals surface area contributed by atoms with Gasteiger partial charge in [0.1, 0.15) is 15.7 Å². The number of nitrogens with zero attached hydrogens (tertiary/aromatic N) is 2. The third-order valence-electron chi connectivity index (χ3n) is 3.50. The number of nitriles is 1. The Morgan fingerprint density at radius 1 is 1.43 bits per heavy atom. The fourth-order valence-corrected chi connectivity index (χ4v) is 4.09. The molecule has 1 amide bonds. The molecule has 0 radical (unpaired) electrons. The predicted molar refractivity (Wildman–Crippen MR) is 85.6 cm³/mol. The number of carbonyl (C=O) groups excluding carboxylic acids is 1. The number of hydrogen-bond acceptors (Lipinski definition) is 4. The number of fused-ring (bicyclic) bond motifs is 1. The SMILES string of the molecule is N#Cc1c(NC(=O)c2ccnc(Br)c2)sc2c1CCCC2. The fraction of sp³-hybridized carbons (Fsp3) is 0.267. The van der Waals surface area contributed by atoms with Crippen molar-refractivity contribution in [1.29, 1.82) is 5.26 Å². The Kier molecular flexibility index (Phi) is 4.04. The Morgan fingerprint density at radius 3 is 3.00 bits per heavy atom. The van der Waals surface area contributed by atoms with Gasteiger partial charge < -0.3 is 5.32 Å². The summed E-state index contributed by atoms with van der Waals surface area (Å²) in [6, 6.07) is 5.56. The van der Waals surface area contributed by atoms with E-state index in [4.69, 9.17) is 0 Å². The molecule has 0 atom stereocenters. The van der Waals surface area contributed by atoms with Crippen LogP contribution in [0.5, 0.6) is 0 Å². The van der Waals surface area contributed by atoms with Gasteiger partial charge in [0.25, 0.3) is 5.91 Å². The molecule has 0 aromatic carbocycles. The second kappa shape index (κ2) is 5.96.